The lowest BCUT2D eigenvalue weighted by molar-refractivity contribution is 0.201. The van der Waals surface area contributed by atoms with Crippen LogP contribution >= 0.6 is 12.4 Å². The van der Waals surface area contributed by atoms with Crippen molar-refractivity contribution < 1.29 is 14.9 Å². The third kappa shape index (κ3) is 5.32. The van der Waals surface area contributed by atoms with Gasteiger partial charge in [0.25, 0.3) is 0 Å². The number of rotatable bonds is 6. The lowest BCUT2D eigenvalue weighted by Crippen LogP contribution is -2.26. The summed E-state index contributed by atoms with van der Waals surface area (Å²) in [4.78, 5) is 0. The Morgan fingerprint density at radius 2 is 2.06 bits per heavy atom. The quantitative estimate of drug-likeness (QED) is 0.678. The van der Waals surface area contributed by atoms with Gasteiger partial charge in [0.05, 0.1) is 13.2 Å². The molecule has 0 heterocycles. The molecule has 0 aliphatic heterocycles. The number of hydrogen-bond acceptors (Lipinski definition) is 4. The van der Waals surface area contributed by atoms with E-state index in [9.17, 15) is 0 Å². The fourth-order valence-electron chi connectivity index (χ4n) is 1.29. The lowest BCUT2D eigenvalue weighted by atomic mass is 10.1. The van der Waals surface area contributed by atoms with Gasteiger partial charge in [-0.15, -0.1) is 12.4 Å². The molecular weight excluding hydrogens is 230 g/mol. The SMILES string of the molecule is Cl.NC(CO)Cc1cccc(OCCO)c1. The predicted molar refractivity (Wildman–Crippen MR) is 65.0 cm³/mol. The monoisotopic (exact) mass is 247 g/mol. The van der Waals surface area contributed by atoms with Crippen LogP contribution in [0.5, 0.6) is 5.75 Å². The van der Waals surface area contributed by atoms with Crippen LogP contribution in [0.25, 0.3) is 0 Å². The van der Waals surface area contributed by atoms with Crippen LogP contribution in [0.1, 0.15) is 5.56 Å². The number of hydrogen-bond donors (Lipinski definition) is 3. The average Bonchev–Trinajstić information content (AvgIpc) is 2.26. The molecule has 0 aliphatic rings. The lowest BCUT2D eigenvalue weighted by Gasteiger charge is -2.10. The van der Waals surface area contributed by atoms with Crippen LogP contribution in [0.2, 0.25) is 0 Å². The van der Waals surface area contributed by atoms with E-state index >= 15 is 0 Å². The Morgan fingerprint density at radius 1 is 1.31 bits per heavy atom. The largest absolute Gasteiger partial charge is 0.491 e. The van der Waals surface area contributed by atoms with Crippen LogP contribution in [-0.2, 0) is 6.42 Å². The van der Waals surface area contributed by atoms with Crippen molar-refractivity contribution in [3.63, 3.8) is 0 Å². The van der Waals surface area contributed by atoms with Gasteiger partial charge in [0.2, 0.25) is 0 Å². The molecule has 0 spiro atoms. The van der Waals surface area contributed by atoms with Gasteiger partial charge in [-0.3, -0.25) is 0 Å². The number of benzene rings is 1. The Bertz CT molecular complexity index is 296. The molecule has 1 rings (SSSR count). The molecule has 0 aliphatic carbocycles. The third-order valence-corrected chi connectivity index (χ3v) is 1.99. The molecule has 0 bridgehead atoms. The first-order chi connectivity index (χ1) is 7.26. The maximum Gasteiger partial charge on any atom is 0.119 e. The smallest absolute Gasteiger partial charge is 0.119 e. The first kappa shape index (κ1) is 15.2. The first-order valence-corrected chi connectivity index (χ1v) is 4.95. The Labute approximate surface area is 101 Å². The van der Waals surface area contributed by atoms with E-state index in [1.54, 1.807) is 0 Å². The van der Waals surface area contributed by atoms with Crippen molar-refractivity contribution in [3.8, 4) is 5.75 Å². The van der Waals surface area contributed by atoms with Crippen molar-refractivity contribution in [2.24, 2.45) is 5.73 Å². The number of ether oxygens (including phenoxy) is 1. The predicted octanol–water partition coefficient (Wildman–Crippen LogP) is 0.342. The highest BCUT2D eigenvalue weighted by Gasteiger charge is 2.03. The maximum absolute atomic E-state index is 8.82. The van der Waals surface area contributed by atoms with Crippen LogP contribution in [0.15, 0.2) is 24.3 Å². The van der Waals surface area contributed by atoms with Crippen LogP contribution in [0.4, 0.5) is 0 Å². The highest BCUT2D eigenvalue weighted by molar-refractivity contribution is 5.85. The summed E-state index contributed by atoms with van der Waals surface area (Å²) in [6.45, 7) is 0.262. The van der Waals surface area contributed by atoms with E-state index in [1.165, 1.54) is 0 Å². The Kier molecular flexibility index (Phi) is 7.93. The molecule has 16 heavy (non-hydrogen) atoms. The van der Waals surface area contributed by atoms with Crippen molar-refractivity contribution in [3.05, 3.63) is 29.8 Å². The van der Waals surface area contributed by atoms with Gasteiger partial charge in [0, 0.05) is 6.04 Å². The second-order valence-corrected chi connectivity index (χ2v) is 3.37. The molecular formula is C11H18ClNO3. The molecule has 0 radical (unpaired) electrons. The highest BCUT2D eigenvalue weighted by atomic mass is 35.5. The maximum atomic E-state index is 8.82. The second kappa shape index (κ2) is 8.35. The van der Waals surface area contributed by atoms with Gasteiger partial charge in [-0.05, 0) is 24.1 Å². The Morgan fingerprint density at radius 3 is 2.69 bits per heavy atom. The topological polar surface area (TPSA) is 75.7 Å². The molecule has 0 aromatic heterocycles. The molecule has 1 aromatic carbocycles. The number of aliphatic hydroxyl groups excluding tert-OH is 2. The number of aliphatic hydroxyl groups is 2. The van der Waals surface area contributed by atoms with Crippen molar-refractivity contribution in [1.29, 1.82) is 0 Å². The summed E-state index contributed by atoms with van der Waals surface area (Å²) in [6, 6.07) is 7.25. The van der Waals surface area contributed by atoms with Gasteiger partial charge in [-0.2, -0.15) is 0 Å². The molecule has 5 heteroatoms. The van der Waals surface area contributed by atoms with Crippen LogP contribution < -0.4 is 10.5 Å². The van der Waals surface area contributed by atoms with E-state index in [0.717, 1.165) is 5.56 Å². The second-order valence-electron chi connectivity index (χ2n) is 3.37. The molecule has 0 amide bonds. The summed E-state index contributed by atoms with van der Waals surface area (Å²) in [5.74, 6) is 0.715. The number of nitrogens with two attached hydrogens (primary N) is 1. The fourth-order valence-corrected chi connectivity index (χ4v) is 1.29. The molecule has 4 nitrogen and oxygen atoms in total. The Balaban J connectivity index is 0.00000225. The van der Waals surface area contributed by atoms with E-state index in [2.05, 4.69) is 0 Å². The van der Waals surface area contributed by atoms with Gasteiger partial charge in [-0.1, -0.05) is 12.1 Å². The number of halogens is 1. The molecule has 0 saturated carbocycles. The zero-order valence-corrected chi connectivity index (χ0v) is 9.82. The highest BCUT2D eigenvalue weighted by Crippen LogP contribution is 2.14. The third-order valence-electron chi connectivity index (χ3n) is 1.99. The van der Waals surface area contributed by atoms with Crippen LogP contribution in [0.3, 0.4) is 0 Å². The van der Waals surface area contributed by atoms with Gasteiger partial charge in [-0.25, -0.2) is 0 Å². The summed E-state index contributed by atoms with van der Waals surface area (Å²) in [5.41, 5.74) is 6.64. The van der Waals surface area contributed by atoms with E-state index in [0.29, 0.717) is 12.2 Å². The van der Waals surface area contributed by atoms with Gasteiger partial charge < -0.3 is 20.7 Å². The Hall–Kier alpha value is -0.810. The van der Waals surface area contributed by atoms with E-state index in [1.807, 2.05) is 24.3 Å². The fraction of sp³-hybridized carbons (Fsp3) is 0.455. The van der Waals surface area contributed by atoms with E-state index in [-0.39, 0.29) is 38.3 Å². The van der Waals surface area contributed by atoms with Gasteiger partial charge >= 0.3 is 0 Å². The van der Waals surface area contributed by atoms with Crippen LogP contribution in [-0.4, -0.2) is 36.1 Å². The summed E-state index contributed by atoms with van der Waals surface area (Å²) >= 11 is 0. The summed E-state index contributed by atoms with van der Waals surface area (Å²) in [6.07, 6.45) is 0.618. The molecule has 0 saturated heterocycles. The van der Waals surface area contributed by atoms with Crippen LogP contribution in [0, 0.1) is 0 Å². The van der Waals surface area contributed by atoms with Gasteiger partial charge in [0.1, 0.15) is 12.4 Å². The summed E-state index contributed by atoms with van der Waals surface area (Å²) in [7, 11) is 0. The average molecular weight is 248 g/mol. The van der Waals surface area contributed by atoms with Crippen molar-refractivity contribution in [1.82, 2.24) is 0 Å². The molecule has 1 aromatic rings. The standard InChI is InChI=1S/C11H17NO3.ClH/c12-10(8-14)6-9-2-1-3-11(7-9)15-5-4-13;/h1-3,7,10,13-14H,4-6,8,12H2;1H. The summed E-state index contributed by atoms with van der Waals surface area (Å²) in [5, 5.41) is 17.4. The minimum absolute atomic E-state index is 0. The van der Waals surface area contributed by atoms with Gasteiger partial charge in [0.15, 0.2) is 0 Å². The summed E-state index contributed by atoms with van der Waals surface area (Å²) < 4.78 is 5.26. The molecule has 92 valence electrons. The zero-order chi connectivity index (χ0) is 11.1. The molecule has 0 fully saturated rings. The van der Waals surface area contributed by atoms with E-state index in [4.69, 9.17) is 20.7 Å². The molecule has 4 N–H and O–H groups in total. The molecule has 1 atom stereocenters. The van der Waals surface area contributed by atoms with E-state index < -0.39 is 0 Å². The minimum atomic E-state index is -0.238. The van der Waals surface area contributed by atoms with Crippen molar-refractivity contribution in [2.45, 2.75) is 12.5 Å². The van der Waals surface area contributed by atoms with Crippen molar-refractivity contribution >= 4 is 12.4 Å². The minimum Gasteiger partial charge on any atom is -0.491 e. The van der Waals surface area contributed by atoms with Crippen molar-refractivity contribution in [2.75, 3.05) is 19.8 Å². The molecule has 1 unspecified atom stereocenters. The normalized spacial score (nSPS) is 11.7. The first-order valence-electron chi connectivity index (χ1n) is 4.95. The zero-order valence-electron chi connectivity index (χ0n) is 9.00.